The first kappa shape index (κ1) is 37.5. The second-order valence-electron chi connectivity index (χ2n) is 10.9. The van der Waals surface area contributed by atoms with Gasteiger partial charge in [0.05, 0.1) is 48.7 Å². The van der Waals surface area contributed by atoms with Gasteiger partial charge in [-0.05, 0) is 47.5 Å². The van der Waals surface area contributed by atoms with E-state index in [2.05, 4.69) is 0 Å². The molecule has 1 aliphatic heterocycles. The van der Waals surface area contributed by atoms with Crippen molar-refractivity contribution in [3.05, 3.63) is 102 Å². The number of amides is 2. The fourth-order valence-electron chi connectivity index (χ4n) is 5.40. The van der Waals surface area contributed by atoms with Crippen molar-refractivity contribution >= 4 is 35.7 Å². The molecule has 0 bridgehead atoms. The standard InChI is InChI=1S/C39H44N2O8S/c1-44-32-22-28(23-33(45-2)38(32)48-5)14-10-12-18-36(42)40-20-21-41(30(26-40)27-50-31-16-8-7-9-17-31)37(43)19-13-11-15-29-24-34(46-3)39(49-6)35(25-29)47-4/h7-19,22-25,30H,20-21,26-27H2,1-6H3/b14-10+,15-11+,18-12+,19-13+. The van der Waals surface area contributed by atoms with Crippen LogP contribution >= 0.6 is 11.8 Å². The third-order valence-electron chi connectivity index (χ3n) is 7.91. The molecule has 3 aromatic rings. The van der Waals surface area contributed by atoms with E-state index >= 15 is 0 Å². The monoisotopic (exact) mass is 700 g/mol. The lowest BCUT2D eigenvalue weighted by atomic mass is 10.1. The maximum Gasteiger partial charge on any atom is 0.246 e. The summed E-state index contributed by atoms with van der Waals surface area (Å²) in [6.07, 6.45) is 13.8. The van der Waals surface area contributed by atoms with E-state index in [1.165, 1.54) is 0 Å². The molecule has 0 saturated carbocycles. The van der Waals surface area contributed by atoms with E-state index in [0.29, 0.717) is 59.9 Å². The molecule has 0 N–H and O–H groups in total. The first-order valence-electron chi connectivity index (χ1n) is 15.9. The second-order valence-corrected chi connectivity index (χ2v) is 12.0. The smallest absolute Gasteiger partial charge is 0.246 e. The summed E-state index contributed by atoms with van der Waals surface area (Å²) in [5.74, 6) is 3.60. The van der Waals surface area contributed by atoms with E-state index in [-0.39, 0.29) is 17.9 Å². The second kappa shape index (κ2) is 19.0. The zero-order valence-corrected chi connectivity index (χ0v) is 30.1. The predicted octanol–water partition coefficient (Wildman–Crippen LogP) is 6.41. The lowest BCUT2D eigenvalue weighted by Crippen LogP contribution is -2.57. The van der Waals surface area contributed by atoms with Crippen LogP contribution in [0.4, 0.5) is 0 Å². The number of nitrogens with zero attached hydrogens (tertiary/aromatic N) is 2. The molecule has 1 atom stereocenters. The van der Waals surface area contributed by atoms with Gasteiger partial charge in [-0.2, -0.15) is 0 Å². The van der Waals surface area contributed by atoms with Gasteiger partial charge >= 0.3 is 0 Å². The Kier molecular flexibility index (Phi) is 14.3. The van der Waals surface area contributed by atoms with Gasteiger partial charge in [0.25, 0.3) is 0 Å². The minimum atomic E-state index is -0.183. The van der Waals surface area contributed by atoms with Crippen molar-refractivity contribution in [1.29, 1.82) is 0 Å². The normalized spacial score (nSPS) is 14.9. The lowest BCUT2D eigenvalue weighted by molar-refractivity contribution is -0.136. The summed E-state index contributed by atoms with van der Waals surface area (Å²) in [6.45, 7) is 1.26. The Balaban J connectivity index is 1.43. The third-order valence-corrected chi connectivity index (χ3v) is 9.07. The number of piperazine rings is 1. The molecule has 1 aliphatic rings. The molecule has 3 aromatic carbocycles. The first-order chi connectivity index (χ1) is 24.3. The number of allylic oxidation sites excluding steroid dienone is 4. The molecular formula is C39H44N2O8S. The van der Waals surface area contributed by atoms with E-state index in [9.17, 15) is 9.59 Å². The summed E-state index contributed by atoms with van der Waals surface area (Å²) < 4.78 is 32.5. The molecule has 1 unspecified atom stereocenters. The van der Waals surface area contributed by atoms with Gasteiger partial charge in [0.1, 0.15) is 0 Å². The molecule has 1 fully saturated rings. The van der Waals surface area contributed by atoms with Gasteiger partial charge in [0, 0.05) is 42.4 Å². The third kappa shape index (κ3) is 9.88. The number of methoxy groups -OCH3 is 6. The van der Waals surface area contributed by atoms with Gasteiger partial charge < -0.3 is 38.2 Å². The topological polar surface area (TPSA) is 96.0 Å². The number of thioether (sulfide) groups is 1. The molecule has 50 heavy (non-hydrogen) atoms. The van der Waals surface area contributed by atoms with Gasteiger partial charge in [0.15, 0.2) is 23.0 Å². The molecule has 0 radical (unpaired) electrons. The quantitative estimate of drug-likeness (QED) is 0.101. The van der Waals surface area contributed by atoms with Gasteiger partial charge in [0.2, 0.25) is 23.3 Å². The van der Waals surface area contributed by atoms with E-state index in [1.54, 1.807) is 95.8 Å². The number of ether oxygens (including phenoxy) is 6. The Morgan fingerprint density at radius 2 is 1.14 bits per heavy atom. The Morgan fingerprint density at radius 1 is 0.660 bits per heavy atom. The van der Waals surface area contributed by atoms with Crippen molar-refractivity contribution < 1.29 is 38.0 Å². The molecule has 0 spiro atoms. The van der Waals surface area contributed by atoms with Gasteiger partial charge in [-0.3, -0.25) is 9.59 Å². The van der Waals surface area contributed by atoms with E-state index in [0.717, 1.165) is 16.0 Å². The van der Waals surface area contributed by atoms with Gasteiger partial charge in [-0.15, -0.1) is 11.8 Å². The minimum absolute atomic E-state index is 0.117. The summed E-state index contributed by atoms with van der Waals surface area (Å²) in [7, 11) is 9.37. The highest BCUT2D eigenvalue weighted by atomic mass is 32.2. The van der Waals surface area contributed by atoms with Crippen molar-refractivity contribution in [2.75, 3.05) is 68.0 Å². The molecule has 4 rings (SSSR count). The predicted molar refractivity (Wildman–Crippen MR) is 198 cm³/mol. The number of hydrogen-bond acceptors (Lipinski definition) is 9. The molecular weight excluding hydrogens is 657 g/mol. The SMILES string of the molecule is COc1cc(/C=C/C=C/C(=O)N2CCN(C(=O)/C=C/C=C/c3cc(OC)c(OC)c(OC)c3)C(CSc3ccccc3)C2)cc(OC)c1OC. The Bertz CT molecular complexity index is 1670. The number of rotatable bonds is 15. The van der Waals surface area contributed by atoms with Crippen LogP contribution < -0.4 is 28.4 Å². The van der Waals surface area contributed by atoms with Gasteiger partial charge in [-0.25, -0.2) is 0 Å². The van der Waals surface area contributed by atoms with Gasteiger partial charge in [-0.1, -0.05) is 54.7 Å². The Labute approximate surface area is 298 Å². The number of carbonyl (C=O) groups is 2. The fraction of sp³-hybridized carbons (Fsp3) is 0.282. The fourth-order valence-corrected chi connectivity index (χ4v) is 6.42. The molecule has 264 valence electrons. The number of carbonyl (C=O) groups excluding carboxylic acids is 2. The van der Waals surface area contributed by atoms with Crippen molar-refractivity contribution in [1.82, 2.24) is 9.80 Å². The van der Waals surface area contributed by atoms with Crippen molar-refractivity contribution in [2.45, 2.75) is 10.9 Å². The molecule has 10 nitrogen and oxygen atoms in total. The number of benzene rings is 3. The average molecular weight is 701 g/mol. The zero-order valence-electron chi connectivity index (χ0n) is 29.3. The van der Waals surface area contributed by atoms with Crippen LogP contribution in [0.1, 0.15) is 11.1 Å². The highest BCUT2D eigenvalue weighted by Gasteiger charge is 2.31. The lowest BCUT2D eigenvalue weighted by Gasteiger charge is -2.40. The molecule has 11 heteroatoms. The van der Waals surface area contributed by atoms with Crippen molar-refractivity contribution in [3.8, 4) is 34.5 Å². The maximum absolute atomic E-state index is 13.5. The Hall–Kier alpha value is -5.29. The van der Waals surface area contributed by atoms with Crippen LogP contribution in [-0.4, -0.2) is 95.7 Å². The van der Waals surface area contributed by atoms with Crippen LogP contribution in [0.5, 0.6) is 34.5 Å². The molecule has 1 heterocycles. The molecule has 1 saturated heterocycles. The van der Waals surface area contributed by atoms with Crippen LogP contribution in [0.3, 0.4) is 0 Å². The highest BCUT2D eigenvalue weighted by Crippen LogP contribution is 2.39. The summed E-state index contributed by atoms with van der Waals surface area (Å²) in [4.78, 5) is 31.4. The van der Waals surface area contributed by atoms with E-state index in [1.807, 2.05) is 71.6 Å². The van der Waals surface area contributed by atoms with Crippen LogP contribution in [0.2, 0.25) is 0 Å². The zero-order chi connectivity index (χ0) is 35.9. The summed E-state index contributed by atoms with van der Waals surface area (Å²) in [5, 5.41) is 0. The highest BCUT2D eigenvalue weighted by molar-refractivity contribution is 7.99. The average Bonchev–Trinajstić information content (AvgIpc) is 3.16. The van der Waals surface area contributed by atoms with Crippen molar-refractivity contribution in [3.63, 3.8) is 0 Å². The van der Waals surface area contributed by atoms with E-state index < -0.39 is 0 Å². The van der Waals surface area contributed by atoms with Crippen LogP contribution in [0.15, 0.2) is 95.9 Å². The summed E-state index contributed by atoms with van der Waals surface area (Å²) in [5.41, 5.74) is 1.65. The van der Waals surface area contributed by atoms with Crippen LogP contribution in [-0.2, 0) is 9.59 Å². The van der Waals surface area contributed by atoms with Crippen LogP contribution in [0, 0.1) is 0 Å². The number of hydrogen-bond donors (Lipinski definition) is 0. The van der Waals surface area contributed by atoms with Crippen LogP contribution in [0.25, 0.3) is 12.2 Å². The molecule has 0 aliphatic carbocycles. The molecule has 0 aromatic heterocycles. The van der Waals surface area contributed by atoms with E-state index in [4.69, 9.17) is 28.4 Å². The minimum Gasteiger partial charge on any atom is -0.493 e. The maximum atomic E-state index is 13.5. The molecule has 2 amide bonds. The summed E-state index contributed by atoms with van der Waals surface area (Å²) in [6, 6.07) is 17.2. The first-order valence-corrected chi connectivity index (χ1v) is 16.9. The van der Waals surface area contributed by atoms with Crippen molar-refractivity contribution in [2.24, 2.45) is 0 Å². The largest absolute Gasteiger partial charge is 0.493 e. The summed E-state index contributed by atoms with van der Waals surface area (Å²) >= 11 is 1.66. The Morgan fingerprint density at radius 3 is 1.60 bits per heavy atom.